The summed E-state index contributed by atoms with van der Waals surface area (Å²) in [5.74, 6) is -0.454. The lowest BCUT2D eigenvalue weighted by molar-refractivity contribution is -0.395. The van der Waals surface area contributed by atoms with E-state index in [1.165, 1.54) is 0 Å². The van der Waals surface area contributed by atoms with Crippen molar-refractivity contribution in [1.29, 1.82) is 0 Å². The molecule has 1 aromatic carbocycles. The summed E-state index contributed by atoms with van der Waals surface area (Å²) in [6.45, 7) is 0. The van der Waals surface area contributed by atoms with Crippen LogP contribution in [0.3, 0.4) is 0 Å². The van der Waals surface area contributed by atoms with Gasteiger partial charge in [-0.2, -0.15) is 0 Å². The average Bonchev–Trinajstić information content (AvgIpc) is 2.42. The Bertz CT molecular complexity index is 702. The summed E-state index contributed by atoms with van der Waals surface area (Å²) in [6.07, 6.45) is -3.18. The standard InChI is InChI=1S/C10H4Cl6N2O6/c11-9(12,13)7-4-1-3(17(19)20)2-5(18(21)22)6(4)23-8(24-7)10(14,15)16/h1-2,7-8H/t7-,8+/m0/s1. The van der Waals surface area contributed by atoms with Crippen molar-refractivity contribution in [2.45, 2.75) is 20.0 Å². The molecule has 0 radical (unpaired) electrons. The maximum Gasteiger partial charge on any atom is 0.318 e. The molecule has 0 saturated heterocycles. The second-order valence-electron chi connectivity index (χ2n) is 4.45. The molecule has 2 atom stereocenters. The third kappa shape index (κ3) is 4.01. The zero-order valence-corrected chi connectivity index (χ0v) is 15.5. The van der Waals surface area contributed by atoms with Crippen molar-refractivity contribution in [1.82, 2.24) is 0 Å². The van der Waals surface area contributed by atoms with E-state index < -0.39 is 46.9 Å². The number of hydrogen-bond acceptors (Lipinski definition) is 6. The maximum absolute atomic E-state index is 11.2. The van der Waals surface area contributed by atoms with Gasteiger partial charge >= 0.3 is 5.69 Å². The van der Waals surface area contributed by atoms with Gasteiger partial charge in [-0.1, -0.05) is 69.6 Å². The SMILES string of the molecule is O=[N+]([O-])c1cc2c(c([N+](=O)[O-])c1)O[C@@H](C(Cl)(Cl)Cl)O[C@@H]2C(Cl)(Cl)Cl. The Balaban J connectivity index is 2.73. The third-order valence-corrected chi connectivity index (χ3v) is 3.95. The van der Waals surface area contributed by atoms with E-state index in [2.05, 4.69) is 0 Å². The summed E-state index contributed by atoms with van der Waals surface area (Å²) >= 11 is 34.4. The number of alkyl halides is 6. The number of nitro benzene ring substituents is 2. The second kappa shape index (κ2) is 6.68. The topological polar surface area (TPSA) is 105 Å². The Labute approximate surface area is 163 Å². The Morgan fingerprint density at radius 1 is 0.958 bits per heavy atom. The molecule has 24 heavy (non-hydrogen) atoms. The molecule has 0 N–H and O–H groups in total. The van der Waals surface area contributed by atoms with Gasteiger partial charge in [0, 0.05) is 11.6 Å². The predicted octanol–water partition coefficient (Wildman–Crippen LogP) is 5.02. The Morgan fingerprint density at radius 2 is 1.54 bits per heavy atom. The molecular weight excluding hydrogens is 457 g/mol. The van der Waals surface area contributed by atoms with E-state index in [0.717, 1.165) is 6.07 Å². The summed E-state index contributed by atoms with van der Waals surface area (Å²) in [6, 6.07) is 1.60. The van der Waals surface area contributed by atoms with E-state index in [0.29, 0.717) is 6.07 Å². The van der Waals surface area contributed by atoms with Gasteiger partial charge in [-0.15, -0.1) is 0 Å². The highest BCUT2D eigenvalue weighted by Gasteiger charge is 2.50. The van der Waals surface area contributed by atoms with Crippen LogP contribution in [0.1, 0.15) is 11.7 Å². The zero-order chi connectivity index (χ0) is 18.4. The van der Waals surface area contributed by atoms with Gasteiger partial charge in [-0.25, -0.2) is 0 Å². The van der Waals surface area contributed by atoms with E-state index in [-0.39, 0.29) is 5.56 Å². The summed E-state index contributed by atoms with van der Waals surface area (Å²) < 4.78 is 6.08. The molecule has 0 spiro atoms. The number of non-ortho nitro benzene ring substituents is 1. The van der Waals surface area contributed by atoms with Gasteiger partial charge in [-0.05, 0) is 0 Å². The van der Waals surface area contributed by atoms with Gasteiger partial charge in [0.2, 0.25) is 15.8 Å². The van der Waals surface area contributed by atoms with Crippen molar-refractivity contribution in [3.05, 3.63) is 37.9 Å². The number of halogens is 6. The van der Waals surface area contributed by atoms with Crippen LogP contribution in [0.15, 0.2) is 12.1 Å². The maximum atomic E-state index is 11.2. The molecule has 0 amide bonds. The molecule has 14 heteroatoms. The average molecular weight is 461 g/mol. The molecule has 2 rings (SSSR count). The molecule has 1 aromatic rings. The van der Waals surface area contributed by atoms with E-state index in [1.807, 2.05) is 0 Å². The van der Waals surface area contributed by atoms with Crippen LogP contribution in [0.2, 0.25) is 0 Å². The van der Waals surface area contributed by atoms with E-state index in [1.54, 1.807) is 0 Å². The van der Waals surface area contributed by atoms with Crippen molar-refractivity contribution >= 4 is 81.0 Å². The van der Waals surface area contributed by atoms with Gasteiger partial charge in [0.15, 0.2) is 0 Å². The normalized spacial score (nSPS) is 20.9. The molecule has 0 fully saturated rings. The fourth-order valence-electron chi connectivity index (χ4n) is 1.91. The van der Waals surface area contributed by atoms with Crippen molar-refractivity contribution in [3.63, 3.8) is 0 Å². The summed E-state index contributed by atoms with van der Waals surface area (Å²) in [7, 11) is 0. The van der Waals surface area contributed by atoms with Crippen LogP contribution in [-0.2, 0) is 4.74 Å². The summed E-state index contributed by atoms with van der Waals surface area (Å²) in [4.78, 5) is 20.4. The number of ether oxygens (including phenoxy) is 2. The first-order valence-corrected chi connectivity index (χ1v) is 8.01. The molecule has 0 bridgehead atoms. The number of nitrogens with zero attached hydrogens (tertiary/aromatic N) is 2. The first-order chi connectivity index (χ1) is 10.8. The Morgan fingerprint density at radius 3 is 1.96 bits per heavy atom. The van der Waals surface area contributed by atoms with E-state index >= 15 is 0 Å². The minimum absolute atomic E-state index is 0.235. The highest BCUT2D eigenvalue weighted by atomic mass is 35.6. The van der Waals surface area contributed by atoms with Gasteiger partial charge < -0.3 is 9.47 Å². The number of fused-ring (bicyclic) bond motifs is 1. The molecule has 1 heterocycles. The zero-order valence-electron chi connectivity index (χ0n) is 10.9. The van der Waals surface area contributed by atoms with Crippen LogP contribution in [0.5, 0.6) is 5.75 Å². The van der Waals surface area contributed by atoms with E-state index in [9.17, 15) is 20.2 Å². The fourth-order valence-corrected chi connectivity index (χ4v) is 2.71. The lowest BCUT2D eigenvalue weighted by atomic mass is 10.1. The highest BCUT2D eigenvalue weighted by molar-refractivity contribution is 6.68. The first-order valence-electron chi connectivity index (χ1n) is 5.74. The summed E-state index contributed by atoms with van der Waals surface area (Å²) in [5, 5.41) is 22.2. The number of rotatable bonds is 2. The molecule has 8 nitrogen and oxygen atoms in total. The lowest BCUT2D eigenvalue weighted by Crippen LogP contribution is -2.42. The quantitative estimate of drug-likeness (QED) is 0.348. The highest BCUT2D eigenvalue weighted by Crippen LogP contribution is 2.54. The number of benzene rings is 1. The van der Waals surface area contributed by atoms with Gasteiger partial charge in [0.1, 0.15) is 6.10 Å². The van der Waals surface area contributed by atoms with Gasteiger partial charge in [0.25, 0.3) is 9.48 Å². The number of hydrogen-bond donors (Lipinski definition) is 0. The number of nitro groups is 2. The molecular formula is C10H4Cl6N2O6. The predicted molar refractivity (Wildman–Crippen MR) is 88.6 cm³/mol. The van der Waals surface area contributed by atoms with Crippen molar-refractivity contribution in [2.24, 2.45) is 0 Å². The molecule has 132 valence electrons. The lowest BCUT2D eigenvalue weighted by Gasteiger charge is -2.37. The molecule has 0 aliphatic carbocycles. The van der Waals surface area contributed by atoms with Crippen LogP contribution < -0.4 is 4.74 Å². The third-order valence-electron chi connectivity index (χ3n) is 2.82. The molecule has 0 saturated carbocycles. The minimum atomic E-state index is -2.18. The van der Waals surface area contributed by atoms with Crippen LogP contribution >= 0.6 is 69.6 Å². The van der Waals surface area contributed by atoms with Crippen LogP contribution in [-0.4, -0.2) is 23.7 Å². The fraction of sp³-hybridized carbons (Fsp3) is 0.400. The first kappa shape index (κ1) is 19.8. The van der Waals surface area contributed by atoms with Crippen molar-refractivity contribution < 1.29 is 19.3 Å². The molecule has 1 aliphatic rings. The van der Waals surface area contributed by atoms with Crippen LogP contribution in [0.25, 0.3) is 0 Å². The molecule has 0 aromatic heterocycles. The molecule has 0 unspecified atom stereocenters. The van der Waals surface area contributed by atoms with Crippen LogP contribution in [0.4, 0.5) is 11.4 Å². The molecule has 1 aliphatic heterocycles. The Kier molecular flexibility index (Phi) is 5.52. The van der Waals surface area contributed by atoms with Gasteiger partial charge in [-0.3, -0.25) is 20.2 Å². The summed E-state index contributed by atoms with van der Waals surface area (Å²) in [5.41, 5.74) is -1.62. The van der Waals surface area contributed by atoms with E-state index in [4.69, 9.17) is 79.1 Å². The largest absolute Gasteiger partial charge is 0.453 e. The Hall–Kier alpha value is -0.480. The monoisotopic (exact) mass is 458 g/mol. The minimum Gasteiger partial charge on any atom is -0.453 e. The van der Waals surface area contributed by atoms with Gasteiger partial charge in [0.05, 0.1) is 15.9 Å². The van der Waals surface area contributed by atoms with Crippen molar-refractivity contribution in [3.8, 4) is 5.75 Å². The second-order valence-corrected chi connectivity index (χ2v) is 9.18. The van der Waals surface area contributed by atoms with Crippen LogP contribution in [0, 0.1) is 20.2 Å². The smallest absolute Gasteiger partial charge is 0.318 e. The van der Waals surface area contributed by atoms with Crippen molar-refractivity contribution in [2.75, 3.05) is 0 Å².